The van der Waals surface area contributed by atoms with E-state index < -0.39 is 6.29 Å². The number of ether oxygens (including phenoxy) is 2. The topological polar surface area (TPSA) is 31.6 Å². The van der Waals surface area contributed by atoms with Crippen LogP contribution < -0.4 is 0 Å². The molecule has 0 bridgehead atoms. The zero-order valence-corrected chi connectivity index (χ0v) is 9.51. The Morgan fingerprint density at radius 3 is 2.39 bits per heavy atom. The van der Waals surface area contributed by atoms with Crippen LogP contribution in [0.4, 0.5) is 4.39 Å². The van der Waals surface area contributed by atoms with Crippen LogP contribution in [0.2, 0.25) is 0 Å². The van der Waals surface area contributed by atoms with Gasteiger partial charge in [0, 0.05) is 6.42 Å². The zero-order valence-electron chi connectivity index (χ0n) is 9.51. The average Bonchev–Trinajstić information content (AvgIpc) is 3.02. The summed E-state index contributed by atoms with van der Waals surface area (Å²) >= 11 is 0. The highest BCUT2D eigenvalue weighted by molar-refractivity contribution is 5.22. The molecule has 1 aromatic carbocycles. The van der Waals surface area contributed by atoms with E-state index in [1.807, 2.05) is 12.1 Å². The minimum Gasteiger partial charge on any atom is -0.458 e. The second kappa shape index (κ2) is 4.56. The van der Waals surface area contributed by atoms with Crippen molar-refractivity contribution in [1.29, 1.82) is 0 Å². The lowest BCUT2D eigenvalue weighted by Gasteiger charge is -2.06. The summed E-state index contributed by atoms with van der Waals surface area (Å²) in [5.74, 6) is 1.17. The second-order valence-electron chi connectivity index (χ2n) is 3.98. The summed E-state index contributed by atoms with van der Waals surface area (Å²) in [6.45, 7) is 0. The Kier molecular flexibility index (Phi) is 2.76. The molecule has 0 radical (unpaired) electrons. The molecule has 0 spiro atoms. The van der Waals surface area contributed by atoms with Crippen molar-refractivity contribution in [1.82, 2.24) is 0 Å². The number of benzene rings is 1. The van der Waals surface area contributed by atoms with Crippen molar-refractivity contribution < 1.29 is 18.3 Å². The van der Waals surface area contributed by atoms with Crippen molar-refractivity contribution in [2.45, 2.75) is 12.7 Å². The molecular weight excluding hydrogens is 235 g/mol. The molecule has 2 aromatic rings. The highest BCUT2D eigenvalue weighted by atomic mass is 19.1. The highest BCUT2D eigenvalue weighted by Crippen LogP contribution is 2.26. The number of furan rings is 1. The quantitative estimate of drug-likeness (QED) is 0.830. The fourth-order valence-electron chi connectivity index (χ4n) is 1.79. The molecule has 4 heteroatoms. The van der Waals surface area contributed by atoms with Gasteiger partial charge in [0.25, 0.3) is 6.29 Å². The molecule has 0 saturated carbocycles. The SMILES string of the molecule is Fc1ccc(Cc2ccc(C3OC=CO3)o2)cc1. The van der Waals surface area contributed by atoms with Crippen LogP contribution in [0.25, 0.3) is 0 Å². The van der Waals surface area contributed by atoms with Crippen LogP contribution in [0.3, 0.4) is 0 Å². The van der Waals surface area contributed by atoms with Crippen molar-refractivity contribution in [2.24, 2.45) is 0 Å². The lowest BCUT2D eigenvalue weighted by Crippen LogP contribution is -1.95. The van der Waals surface area contributed by atoms with E-state index in [4.69, 9.17) is 13.9 Å². The molecule has 1 aromatic heterocycles. The molecule has 92 valence electrons. The Hall–Kier alpha value is -2.23. The van der Waals surface area contributed by atoms with Gasteiger partial charge in [0.15, 0.2) is 5.76 Å². The first-order valence-electron chi connectivity index (χ1n) is 5.60. The van der Waals surface area contributed by atoms with Gasteiger partial charge in [0.2, 0.25) is 0 Å². The first kappa shape index (κ1) is 10.9. The van der Waals surface area contributed by atoms with Crippen molar-refractivity contribution in [3.63, 3.8) is 0 Å². The number of halogens is 1. The average molecular weight is 246 g/mol. The van der Waals surface area contributed by atoms with Crippen LogP contribution in [0, 0.1) is 5.82 Å². The van der Waals surface area contributed by atoms with Crippen LogP contribution >= 0.6 is 0 Å². The van der Waals surface area contributed by atoms with E-state index in [2.05, 4.69) is 0 Å². The molecule has 0 unspecified atom stereocenters. The largest absolute Gasteiger partial charge is 0.458 e. The van der Waals surface area contributed by atoms with Gasteiger partial charge in [-0.15, -0.1) is 0 Å². The van der Waals surface area contributed by atoms with Crippen LogP contribution in [0.15, 0.2) is 53.3 Å². The van der Waals surface area contributed by atoms with Gasteiger partial charge in [-0.25, -0.2) is 4.39 Å². The van der Waals surface area contributed by atoms with E-state index in [0.29, 0.717) is 12.2 Å². The number of rotatable bonds is 3. The van der Waals surface area contributed by atoms with Crippen LogP contribution in [0.1, 0.15) is 23.4 Å². The summed E-state index contributed by atoms with van der Waals surface area (Å²) in [5.41, 5.74) is 0.990. The summed E-state index contributed by atoms with van der Waals surface area (Å²) in [6.07, 6.45) is 3.08. The standard InChI is InChI=1S/C14H11FO3/c15-11-3-1-10(2-4-11)9-12-5-6-13(18-12)14-16-7-8-17-14/h1-8,14H,9H2. The summed E-state index contributed by atoms with van der Waals surface area (Å²) in [7, 11) is 0. The third kappa shape index (κ3) is 2.22. The maximum atomic E-state index is 12.8. The molecule has 1 aliphatic rings. The van der Waals surface area contributed by atoms with Crippen molar-refractivity contribution in [2.75, 3.05) is 0 Å². The van der Waals surface area contributed by atoms with Gasteiger partial charge in [-0.05, 0) is 29.8 Å². The van der Waals surface area contributed by atoms with Crippen molar-refractivity contribution >= 4 is 0 Å². The predicted octanol–water partition coefficient (Wildman–Crippen LogP) is 3.53. The number of hydrogen-bond donors (Lipinski definition) is 0. The first-order chi connectivity index (χ1) is 8.81. The van der Waals surface area contributed by atoms with Gasteiger partial charge in [-0.3, -0.25) is 0 Å². The molecule has 3 nitrogen and oxygen atoms in total. The van der Waals surface area contributed by atoms with E-state index in [-0.39, 0.29) is 5.82 Å². The number of hydrogen-bond acceptors (Lipinski definition) is 3. The molecule has 18 heavy (non-hydrogen) atoms. The third-order valence-corrected chi connectivity index (χ3v) is 2.67. The predicted molar refractivity (Wildman–Crippen MR) is 62.0 cm³/mol. The fraction of sp³-hybridized carbons (Fsp3) is 0.143. The fourth-order valence-corrected chi connectivity index (χ4v) is 1.79. The maximum Gasteiger partial charge on any atom is 0.299 e. The van der Waals surface area contributed by atoms with Gasteiger partial charge >= 0.3 is 0 Å². The lowest BCUT2D eigenvalue weighted by atomic mass is 10.1. The normalized spacial score (nSPS) is 14.5. The first-order valence-corrected chi connectivity index (χ1v) is 5.60. The van der Waals surface area contributed by atoms with Gasteiger partial charge in [-0.2, -0.15) is 0 Å². The minimum atomic E-state index is -0.494. The van der Waals surface area contributed by atoms with E-state index >= 15 is 0 Å². The van der Waals surface area contributed by atoms with Crippen molar-refractivity contribution in [3.8, 4) is 0 Å². The highest BCUT2D eigenvalue weighted by Gasteiger charge is 2.19. The van der Waals surface area contributed by atoms with Crippen LogP contribution in [-0.2, 0) is 15.9 Å². The molecular formula is C14H11FO3. The molecule has 2 heterocycles. The van der Waals surface area contributed by atoms with E-state index in [1.54, 1.807) is 12.1 Å². The monoisotopic (exact) mass is 246 g/mol. The Balaban J connectivity index is 1.71. The molecule has 3 rings (SSSR count). The van der Waals surface area contributed by atoms with E-state index in [9.17, 15) is 4.39 Å². The van der Waals surface area contributed by atoms with Gasteiger partial charge < -0.3 is 13.9 Å². The Labute approximate surface area is 103 Å². The molecule has 1 aliphatic heterocycles. The summed E-state index contributed by atoms with van der Waals surface area (Å²) in [5, 5.41) is 0. The maximum absolute atomic E-state index is 12.8. The third-order valence-electron chi connectivity index (χ3n) is 2.67. The Morgan fingerprint density at radius 2 is 1.67 bits per heavy atom. The molecule has 0 atom stereocenters. The summed E-state index contributed by atoms with van der Waals surface area (Å²) in [4.78, 5) is 0. The summed E-state index contributed by atoms with van der Waals surface area (Å²) in [6, 6.07) is 10.0. The molecule has 0 fully saturated rings. The van der Waals surface area contributed by atoms with Gasteiger partial charge in [-0.1, -0.05) is 12.1 Å². The van der Waals surface area contributed by atoms with E-state index in [0.717, 1.165) is 11.3 Å². The van der Waals surface area contributed by atoms with Crippen LogP contribution in [-0.4, -0.2) is 0 Å². The van der Waals surface area contributed by atoms with Crippen LogP contribution in [0.5, 0.6) is 0 Å². The summed E-state index contributed by atoms with van der Waals surface area (Å²) < 4.78 is 28.7. The Morgan fingerprint density at radius 1 is 0.944 bits per heavy atom. The smallest absolute Gasteiger partial charge is 0.299 e. The zero-order chi connectivity index (χ0) is 12.4. The molecule has 0 N–H and O–H groups in total. The molecule has 0 amide bonds. The Bertz CT molecular complexity index is 549. The van der Waals surface area contributed by atoms with Crippen molar-refractivity contribution in [3.05, 3.63) is 71.8 Å². The lowest BCUT2D eigenvalue weighted by molar-refractivity contribution is -0.0409. The molecule has 0 aliphatic carbocycles. The molecule has 0 saturated heterocycles. The second-order valence-corrected chi connectivity index (χ2v) is 3.98. The minimum absolute atomic E-state index is 0.238. The van der Waals surface area contributed by atoms with Gasteiger partial charge in [0.1, 0.15) is 24.1 Å². The van der Waals surface area contributed by atoms with Gasteiger partial charge in [0.05, 0.1) is 0 Å². The van der Waals surface area contributed by atoms with E-state index in [1.165, 1.54) is 24.7 Å².